The molecular formula is C19H20BrN6O14P3. The Bertz CT molecular complexity index is 1850. The van der Waals surface area contributed by atoms with Crippen LogP contribution in [0, 0.1) is 0 Å². The van der Waals surface area contributed by atoms with Crippen molar-refractivity contribution in [1.82, 2.24) is 24.5 Å². The summed E-state index contributed by atoms with van der Waals surface area (Å²) >= 11 is 3.15. The van der Waals surface area contributed by atoms with E-state index in [1.54, 1.807) is 12.1 Å². The number of phenolic OH excluding ortho intramolecular Hbond substituents is 1. The molecule has 0 aliphatic carbocycles. The predicted octanol–water partition coefficient (Wildman–Crippen LogP) is 1.57. The summed E-state index contributed by atoms with van der Waals surface area (Å²) in [5.41, 5.74) is 6.19. The van der Waals surface area contributed by atoms with Gasteiger partial charge in [0.15, 0.2) is 24.0 Å². The quantitative estimate of drug-likeness (QED) is 0.114. The molecule has 5 rings (SSSR count). The summed E-state index contributed by atoms with van der Waals surface area (Å²) in [5, 5.41) is 31.1. The van der Waals surface area contributed by atoms with Gasteiger partial charge in [0.1, 0.15) is 36.4 Å². The van der Waals surface area contributed by atoms with Crippen LogP contribution in [0.3, 0.4) is 0 Å². The average molecular weight is 729 g/mol. The van der Waals surface area contributed by atoms with Gasteiger partial charge in [-0.15, -0.1) is 0 Å². The second-order valence-electron chi connectivity index (χ2n) is 8.68. The van der Waals surface area contributed by atoms with E-state index in [-0.39, 0.29) is 38.4 Å². The fourth-order valence-corrected chi connectivity index (χ4v) is 7.86. The molecule has 4 unspecified atom stereocenters. The maximum atomic E-state index is 12.5. The fraction of sp³-hybridized carbons (Fsp3) is 0.263. The molecule has 4 aromatic rings. The van der Waals surface area contributed by atoms with Crippen molar-refractivity contribution < 1.29 is 66.1 Å². The van der Waals surface area contributed by atoms with Crippen molar-refractivity contribution in [3.63, 3.8) is 0 Å². The van der Waals surface area contributed by atoms with Gasteiger partial charge in [-0.05, 0) is 34.1 Å². The summed E-state index contributed by atoms with van der Waals surface area (Å²) in [6, 6.07) is 5.91. The third kappa shape index (κ3) is 6.95. The fourth-order valence-electron chi connectivity index (χ4n) is 3.86. The van der Waals surface area contributed by atoms with E-state index in [4.69, 9.17) is 10.5 Å². The molecule has 0 radical (unpaired) electrons. The van der Waals surface area contributed by atoms with Crippen molar-refractivity contribution in [2.45, 2.75) is 31.3 Å². The van der Waals surface area contributed by atoms with Gasteiger partial charge in [-0.2, -0.15) is 8.62 Å². The molecule has 8 N–H and O–H groups in total. The highest BCUT2D eigenvalue weighted by atomic mass is 79.9. The van der Waals surface area contributed by atoms with E-state index in [9.17, 15) is 43.7 Å². The number of aliphatic hydroxyl groups is 2. The second-order valence-corrected chi connectivity index (χ2v) is 14.1. The number of nitrogen functional groups attached to an aromatic ring is 1. The van der Waals surface area contributed by atoms with Gasteiger partial charge in [0, 0.05) is 5.39 Å². The number of hydrogen-bond acceptors (Lipinski definition) is 16. The molecule has 4 heterocycles. The number of aromatic hydroxyl groups is 1. The maximum Gasteiger partial charge on any atom is 0.490 e. The number of phosphoric acid groups is 3. The molecular weight excluding hydrogens is 709 g/mol. The lowest BCUT2D eigenvalue weighted by Crippen LogP contribution is -2.32. The number of aliphatic hydroxyl groups excluding tert-OH is 2. The van der Waals surface area contributed by atoms with Crippen LogP contribution in [0.15, 0.2) is 41.4 Å². The van der Waals surface area contributed by atoms with E-state index < -0.39 is 54.8 Å². The molecule has 1 aromatic carbocycles. The highest BCUT2D eigenvalue weighted by Gasteiger charge is 2.50. The van der Waals surface area contributed by atoms with Gasteiger partial charge in [-0.3, -0.25) is 13.6 Å². The zero-order valence-corrected chi connectivity index (χ0v) is 25.2. The number of nitrogens with two attached hydrogens (primary N) is 1. The zero-order chi connectivity index (χ0) is 31.3. The number of nitrogens with zero attached hydrogens (tertiary/aromatic N) is 5. The first-order valence-corrected chi connectivity index (χ1v) is 16.8. The number of phenols is 1. The molecule has 0 bridgehead atoms. The molecule has 1 aliphatic heterocycles. The van der Waals surface area contributed by atoms with E-state index in [1.807, 2.05) is 0 Å². The molecule has 1 fully saturated rings. The molecule has 7 atom stereocenters. The third-order valence-electron chi connectivity index (χ3n) is 5.72. The minimum absolute atomic E-state index is 0.0106. The molecule has 43 heavy (non-hydrogen) atoms. The lowest BCUT2D eigenvalue weighted by atomic mass is 10.2. The van der Waals surface area contributed by atoms with Gasteiger partial charge in [0.2, 0.25) is 0 Å². The number of phosphoric ester groups is 2. The molecule has 3 aromatic heterocycles. The molecule has 1 saturated heterocycles. The first-order valence-electron chi connectivity index (χ1n) is 11.5. The Balaban J connectivity index is 1.22. The number of benzene rings is 1. The van der Waals surface area contributed by atoms with Crippen LogP contribution in [-0.2, 0) is 42.7 Å². The highest BCUT2D eigenvalue weighted by molar-refractivity contribution is 9.10. The van der Waals surface area contributed by atoms with E-state index in [1.165, 1.54) is 12.1 Å². The molecule has 232 valence electrons. The van der Waals surface area contributed by atoms with Crippen LogP contribution in [0.4, 0.5) is 5.82 Å². The standard InChI is InChI=1S/C19H20BrN6O14P3/c20-11-10(27)4-2-8-1-3-9(25-12(8)11)5-36-41(30,31)39-43(34,35)40-42(32,33)38-19-15(29)14(28)18(37-19)26-7-24-13-16(21)22-6-23-17(13)26/h1-4,6-7,14-15,18-19,27-29H,5H2,(H,30,31)(H,32,33)(H,34,35)(H2,21,22,23)/t14-,15?,18+,19+/m0/s1. The second kappa shape index (κ2) is 11.8. The minimum atomic E-state index is -5.89. The van der Waals surface area contributed by atoms with Gasteiger partial charge in [-0.1, -0.05) is 6.07 Å². The van der Waals surface area contributed by atoms with Gasteiger partial charge < -0.3 is 40.5 Å². The monoisotopic (exact) mass is 728 g/mol. The smallest absolute Gasteiger partial charge is 0.490 e. The highest BCUT2D eigenvalue weighted by Crippen LogP contribution is 2.68. The molecule has 0 amide bonds. The van der Waals surface area contributed by atoms with Crippen molar-refractivity contribution >= 4 is 67.3 Å². The Labute approximate surface area is 247 Å². The van der Waals surface area contributed by atoms with Gasteiger partial charge in [-0.25, -0.2) is 33.6 Å². The third-order valence-corrected chi connectivity index (χ3v) is 10.7. The van der Waals surface area contributed by atoms with Crippen molar-refractivity contribution in [1.29, 1.82) is 0 Å². The SMILES string of the molecule is Nc1ncnc2c1ncn2[C@@H]1O[C@H](OP(=O)(O)OP(=O)(O)OP(=O)(O)OCc2ccc3ccc(O)c(Br)c3n2)C(O)[C@@H]1O. The van der Waals surface area contributed by atoms with Crippen molar-refractivity contribution in [2.24, 2.45) is 0 Å². The molecule has 20 nitrogen and oxygen atoms in total. The van der Waals surface area contributed by atoms with E-state index in [2.05, 4.69) is 53.5 Å². The molecule has 24 heteroatoms. The van der Waals surface area contributed by atoms with Crippen LogP contribution in [-0.4, -0.2) is 73.0 Å². The van der Waals surface area contributed by atoms with Crippen molar-refractivity contribution in [2.75, 3.05) is 5.73 Å². The number of pyridine rings is 1. The first-order chi connectivity index (χ1) is 20.1. The van der Waals surface area contributed by atoms with Crippen LogP contribution in [0.25, 0.3) is 22.1 Å². The first kappa shape index (κ1) is 32.0. The van der Waals surface area contributed by atoms with Gasteiger partial charge in [0.05, 0.1) is 22.0 Å². The number of halogens is 1. The normalized spacial score (nSPS) is 25.0. The Morgan fingerprint density at radius 1 is 0.953 bits per heavy atom. The van der Waals surface area contributed by atoms with Gasteiger partial charge >= 0.3 is 23.5 Å². The van der Waals surface area contributed by atoms with E-state index in [0.717, 1.165) is 17.2 Å². The molecule has 0 saturated carbocycles. The molecule has 0 spiro atoms. The summed E-state index contributed by atoms with van der Waals surface area (Å²) in [6.45, 7) is -0.750. The number of hydrogen-bond donors (Lipinski definition) is 7. The Kier molecular flexibility index (Phi) is 8.78. The maximum absolute atomic E-state index is 12.5. The van der Waals surface area contributed by atoms with Crippen LogP contribution in [0.5, 0.6) is 5.75 Å². The van der Waals surface area contributed by atoms with E-state index >= 15 is 0 Å². The Morgan fingerprint density at radius 3 is 2.40 bits per heavy atom. The van der Waals surface area contributed by atoms with Gasteiger partial charge in [0.25, 0.3) is 0 Å². The number of aromatic nitrogens is 5. The number of anilines is 1. The Morgan fingerprint density at radius 2 is 1.65 bits per heavy atom. The average Bonchev–Trinajstić information content (AvgIpc) is 3.45. The summed E-state index contributed by atoms with van der Waals surface area (Å²) in [4.78, 5) is 45.6. The largest absolute Gasteiger partial charge is 0.507 e. The van der Waals surface area contributed by atoms with Crippen molar-refractivity contribution in [3.8, 4) is 5.75 Å². The van der Waals surface area contributed by atoms with E-state index in [0.29, 0.717) is 5.39 Å². The van der Waals surface area contributed by atoms with Crippen LogP contribution < -0.4 is 5.73 Å². The van der Waals surface area contributed by atoms with Crippen LogP contribution in [0.1, 0.15) is 11.9 Å². The lowest BCUT2D eigenvalue weighted by Gasteiger charge is -2.21. The zero-order valence-electron chi connectivity index (χ0n) is 21.0. The minimum Gasteiger partial charge on any atom is -0.507 e. The summed E-state index contributed by atoms with van der Waals surface area (Å²) in [7, 11) is -17.1. The molecule has 1 aliphatic rings. The Hall–Kier alpha value is -2.45. The summed E-state index contributed by atoms with van der Waals surface area (Å²) < 4.78 is 61.0. The topological polar surface area (TPSA) is 301 Å². The van der Waals surface area contributed by atoms with Crippen molar-refractivity contribution in [3.05, 3.63) is 47.1 Å². The predicted molar refractivity (Wildman–Crippen MR) is 144 cm³/mol. The van der Waals surface area contributed by atoms with Crippen LogP contribution >= 0.6 is 39.4 Å². The number of imidazole rings is 1. The lowest BCUT2D eigenvalue weighted by molar-refractivity contribution is -0.133. The number of ether oxygens (including phenoxy) is 1. The number of fused-ring (bicyclic) bond motifs is 2. The van der Waals surface area contributed by atoms with Crippen LogP contribution in [0.2, 0.25) is 0 Å². The summed E-state index contributed by atoms with van der Waals surface area (Å²) in [6.07, 6.45) is -5.26. The summed E-state index contributed by atoms with van der Waals surface area (Å²) in [5.74, 6) is -0.137. The number of rotatable bonds is 10.